The third-order valence-electron chi connectivity index (χ3n) is 8.08. The van der Waals surface area contributed by atoms with E-state index in [1.165, 1.54) is 49.2 Å². The van der Waals surface area contributed by atoms with Gasteiger partial charge in [-0.25, -0.2) is 9.37 Å². The van der Waals surface area contributed by atoms with E-state index >= 15 is 0 Å². The van der Waals surface area contributed by atoms with Crippen molar-refractivity contribution in [2.45, 2.75) is 12.8 Å². The van der Waals surface area contributed by atoms with Gasteiger partial charge in [0.2, 0.25) is 11.7 Å². The molecule has 16 heteroatoms. The summed E-state index contributed by atoms with van der Waals surface area (Å²) in [5.41, 5.74) is 0.678. The van der Waals surface area contributed by atoms with Crippen LogP contribution in [0.3, 0.4) is 0 Å². The van der Waals surface area contributed by atoms with Crippen molar-refractivity contribution in [3.8, 4) is 17.0 Å². The number of imidazole rings is 1. The van der Waals surface area contributed by atoms with Crippen LogP contribution in [0.4, 0.5) is 14.5 Å². The third kappa shape index (κ3) is 8.45. The van der Waals surface area contributed by atoms with Crippen molar-refractivity contribution in [2.24, 2.45) is 13.0 Å². The number of anilines is 1. The number of ether oxygens (including phenoxy) is 2. The van der Waals surface area contributed by atoms with E-state index in [4.69, 9.17) is 31.0 Å². The van der Waals surface area contributed by atoms with Gasteiger partial charge >= 0.3 is 0 Å². The fourth-order valence-corrected chi connectivity index (χ4v) is 5.79. The fraction of sp³-hybridized carbons (Fsp3) is 0.406. The van der Waals surface area contributed by atoms with Gasteiger partial charge in [0.25, 0.3) is 18.3 Å². The molecule has 0 atom stereocenters. The summed E-state index contributed by atoms with van der Waals surface area (Å²) in [6, 6.07) is 7.20. The molecule has 3 aromatic rings. The van der Waals surface area contributed by atoms with Crippen LogP contribution < -0.4 is 15.4 Å². The number of hydrogen-bond acceptors (Lipinski definition) is 8. The van der Waals surface area contributed by atoms with Gasteiger partial charge in [0.15, 0.2) is 17.4 Å². The van der Waals surface area contributed by atoms with Gasteiger partial charge in [-0.1, -0.05) is 11.6 Å². The number of nitrogens with zero attached hydrogens (tertiary/aromatic N) is 4. The normalized spacial score (nSPS) is 14.9. The Morgan fingerprint density at radius 3 is 2.38 bits per heavy atom. The molecular formula is C32H37ClF2N6O7. The monoisotopic (exact) mass is 690 g/mol. The molecule has 0 saturated carbocycles. The van der Waals surface area contributed by atoms with Gasteiger partial charge in [0, 0.05) is 57.5 Å². The van der Waals surface area contributed by atoms with E-state index in [1.54, 1.807) is 11.0 Å². The Balaban J connectivity index is 0.00000167. The van der Waals surface area contributed by atoms with Gasteiger partial charge in [0.1, 0.15) is 6.61 Å². The highest BCUT2D eigenvalue weighted by Gasteiger charge is 2.30. The van der Waals surface area contributed by atoms with Crippen LogP contribution >= 0.6 is 11.6 Å². The Hall–Kier alpha value is -4.60. The zero-order valence-corrected chi connectivity index (χ0v) is 27.3. The predicted molar refractivity (Wildman–Crippen MR) is 172 cm³/mol. The highest BCUT2D eigenvalue weighted by Crippen LogP contribution is 2.31. The summed E-state index contributed by atoms with van der Waals surface area (Å²) in [6.45, 7) is 3.44. The number of methoxy groups -OCH3 is 1. The van der Waals surface area contributed by atoms with Crippen molar-refractivity contribution in [3.05, 3.63) is 64.6 Å². The van der Waals surface area contributed by atoms with Crippen molar-refractivity contribution < 1.29 is 42.5 Å². The Morgan fingerprint density at radius 2 is 1.73 bits per heavy atom. The number of halogens is 3. The zero-order chi connectivity index (χ0) is 34.8. The number of carbonyl (C=O) groups excluding carboxylic acids is 3. The molecule has 13 nitrogen and oxygen atoms in total. The first kappa shape index (κ1) is 36.2. The second-order valence-electron chi connectivity index (χ2n) is 11.0. The molecule has 3 heterocycles. The maximum absolute atomic E-state index is 14.9. The van der Waals surface area contributed by atoms with Crippen LogP contribution in [-0.4, -0.2) is 108 Å². The van der Waals surface area contributed by atoms with E-state index in [1.807, 2.05) is 4.90 Å². The average molecular weight is 691 g/mol. The lowest BCUT2D eigenvalue weighted by Crippen LogP contribution is -2.52. The summed E-state index contributed by atoms with van der Waals surface area (Å²) in [5.74, 6) is -3.30. The molecule has 0 bridgehead atoms. The first-order valence-corrected chi connectivity index (χ1v) is 15.6. The molecular weight excluding hydrogens is 654 g/mol. The minimum atomic E-state index is -1.16. The number of piperidine rings is 1. The van der Waals surface area contributed by atoms with Gasteiger partial charge in [-0.15, -0.1) is 0 Å². The summed E-state index contributed by atoms with van der Waals surface area (Å²) in [6.07, 6.45) is 2.93. The van der Waals surface area contributed by atoms with Crippen LogP contribution in [0, 0.1) is 17.6 Å². The number of rotatable bonds is 9. The molecule has 3 N–H and O–H groups in total. The van der Waals surface area contributed by atoms with E-state index in [0.717, 1.165) is 25.9 Å². The molecule has 0 spiro atoms. The molecule has 2 aliphatic heterocycles. The van der Waals surface area contributed by atoms with Crippen molar-refractivity contribution >= 4 is 41.5 Å². The molecule has 5 rings (SSSR count). The summed E-state index contributed by atoms with van der Waals surface area (Å²) in [7, 11) is 2.97. The van der Waals surface area contributed by atoms with Crippen molar-refractivity contribution in [1.82, 2.24) is 24.7 Å². The number of amides is 3. The van der Waals surface area contributed by atoms with Crippen molar-refractivity contribution in [3.63, 3.8) is 0 Å². The van der Waals surface area contributed by atoms with Crippen LogP contribution in [0.2, 0.25) is 5.02 Å². The van der Waals surface area contributed by atoms with E-state index < -0.39 is 17.5 Å². The van der Waals surface area contributed by atoms with E-state index in [9.17, 15) is 23.2 Å². The zero-order valence-electron chi connectivity index (χ0n) is 26.5. The van der Waals surface area contributed by atoms with Crippen LogP contribution in [0.15, 0.2) is 36.5 Å². The molecule has 48 heavy (non-hydrogen) atoms. The quantitative estimate of drug-likeness (QED) is 0.227. The smallest absolute Gasteiger partial charge is 0.291 e. The van der Waals surface area contributed by atoms with Crippen LogP contribution in [-0.2, 0) is 21.4 Å². The summed E-state index contributed by atoms with van der Waals surface area (Å²) in [4.78, 5) is 55.1. The van der Waals surface area contributed by atoms with Crippen molar-refractivity contribution in [1.29, 1.82) is 0 Å². The average Bonchev–Trinajstić information content (AvgIpc) is 3.48. The molecule has 2 aromatic carbocycles. The van der Waals surface area contributed by atoms with Gasteiger partial charge < -0.3 is 39.6 Å². The molecule has 2 aliphatic rings. The largest absolute Gasteiger partial charge is 0.488 e. The number of aromatic nitrogens is 2. The van der Waals surface area contributed by atoms with Crippen LogP contribution in [0.5, 0.6) is 5.75 Å². The second-order valence-corrected chi connectivity index (χ2v) is 11.4. The standard InChI is InChI=1S/C31H35ClF2N6O5.CH2O2/c1-38-24(22-5-6-25(27(34)26(22)33)45-16-15-44-2)18-36-28(38)29(41)37-20-3-4-21(23(32)17-20)31(43)40-13-11-39(12-14-40)30(42)19-7-9-35-10-8-19;2-1-3/h3-6,17-19,35H,7-16H2,1-2H3,(H,37,41);1H,(H,2,3). The summed E-state index contributed by atoms with van der Waals surface area (Å²) in [5, 5.41) is 13.0. The molecule has 0 radical (unpaired) electrons. The first-order chi connectivity index (χ1) is 23.1. The molecule has 0 aliphatic carbocycles. The van der Waals surface area contributed by atoms with Crippen molar-refractivity contribution in [2.75, 3.05) is 64.9 Å². The number of hydrogen-bond donors (Lipinski definition) is 3. The minimum Gasteiger partial charge on any atom is -0.488 e. The lowest BCUT2D eigenvalue weighted by Gasteiger charge is -2.37. The maximum atomic E-state index is 14.9. The molecule has 3 amide bonds. The summed E-state index contributed by atoms with van der Waals surface area (Å²) < 4.78 is 40.9. The number of piperazine rings is 1. The minimum absolute atomic E-state index is 0.0326. The Bertz CT molecular complexity index is 1620. The first-order valence-electron chi connectivity index (χ1n) is 15.2. The molecule has 1 aromatic heterocycles. The third-order valence-corrected chi connectivity index (χ3v) is 8.40. The molecule has 258 valence electrons. The van der Waals surface area contributed by atoms with Crippen LogP contribution in [0.25, 0.3) is 11.3 Å². The highest BCUT2D eigenvalue weighted by atomic mass is 35.5. The lowest BCUT2D eigenvalue weighted by atomic mass is 9.96. The Morgan fingerprint density at radius 1 is 1.06 bits per heavy atom. The number of nitrogens with one attached hydrogen (secondary N) is 2. The Labute approximate surface area is 280 Å². The number of benzene rings is 2. The maximum Gasteiger partial charge on any atom is 0.291 e. The van der Waals surface area contributed by atoms with Crippen LogP contribution in [0.1, 0.15) is 33.8 Å². The van der Waals surface area contributed by atoms with E-state index in [0.29, 0.717) is 31.9 Å². The Kier molecular flexibility index (Phi) is 12.8. The second kappa shape index (κ2) is 17.0. The number of carbonyl (C=O) groups is 4. The molecule has 0 unspecified atom stereocenters. The predicted octanol–water partition coefficient (Wildman–Crippen LogP) is 3.28. The van der Waals surface area contributed by atoms with E-state index in [-0.39, 0.29) is 70.8 Å². The SMILES string of the molecule is COCCOc1ccc(-c2cnc(C(=O)Nc3ccc(C(=O)N4CCN(C(=O)C5CCNCC5)CC4)c(Cl)c3)n2C)c(F)c1F.O=CO. The number of carboxylic acid groups (broad SMARTS) is 1. The lowest BCUT2D eigenvalue weighted by molar-refractivity contribution is -0.137. The molecule has 2 fully saturated rings. The molecule has 2 saturated heterocycles. The topological polar surface area (TPSA) is 155 Å². The van der Waals surface area contributed by atoms with Gasteiger partial charge in [-0.05, 0) is 56.3 Å². The van der Waals surface area contributed by atoms with Gasteiger partial charge in [0.05, 0.1) is 29.1 Å². The van der Waals surface area contributed by atoms with Gasteiger partial charge in [-0.2, -0.15) is 4.39 Å². The fourth-order valence-electron chi connectivity index (χ4n) is 5.53. The van der Waals surface area contributed by atoms with E-state index in [2.05, 4.69) is 15.6 Å². The highest BCUT2D eigenvalue weighted by molar-refractivity contribution is 6.34. The van der Waals surface area contributed by atoms with Gasteiger partial charge in [-0.3, -0.25) is 19.2 Å². The summed E-state index contributed by atoms with van der Waals surface area (Å²) >= 11 is 6.47.